The molecule has 1 fully saturated rings. The van der Waals surface area contributed by atoms with Gasteiger partial charge >= 0.3 is 6.18 Å². The summed E-state index contributed by atoms with van der Waals surface area (Å²) in [7, 11) is 0. The molecule has 1 atom stereocenters. The number of pyridine rings is 1. The maximum Gasteiger partial charge on any atom is 0.416 e. The van der Waals surface area contributed by atoms with E-state index >= 15 is 0 Å². The average molecular weight is 493 g/mol. The van der Waals surface area contributed by atoms with Gasteiger partial charge in [-0.15, -0.1) is 0 Å². The molecule has 1 aliphatic carbocycles. The van der Waals surface area contributed by atoms with Gasteiger partial charge in [-0.3, -0.25) is 9.78 Å². The molecule has 0 N–H and O–H groups in total. The molecule has 1 unspecified atom stereocenters. The van der Waals surface area contributed by atoms with Crippen LogP contribution in [0, 0.1) is 5.92 Å². The van der Waals surface area contributed by atoms with Crippen molar-refractivity contribution in [2.24, 2.45) is 5.92 Å². The molecule has 0 saturated heterocycles. The molecule has 5 rings (SSSR count). The van der Waals surface area contributed by atoms with Crippen molar-refractivity contribution in [3.63, 3.8) is 0 Å². The minimum absolute atomic E-state index is 0.138. The van der Waals surface area contributed by atoms with Gasteiger partial charge in [-0.2, -0.15) is 23.0 Å². The number of carbonyl (C=O) groups excluding carboxylic acids is 1. The van der Waals surface area contributed by atoms with E-state index in [-0.39, 0.29) is 11.6 Å². The average Bonchev–Trinajstić information content (AvgIpc) is 3.59. The Morgan fingerprint density at radius 2 is 1.78 bits per heavy atom. The predicted molar refractivity (Wildman–Crippen MR) is 124 cm³/mol. The van der Waals surface area contributed by atoms with Gasteiger partial charge in [-0.1, -0.05) is 12.1 Å². The van der Waals surface area contributed by atoms with E-state index in [1.54, 1.807) is 35.5 Å². The SMILES string of the molecule is CC(c1ncnn1-c1ncccn1)N(CC1CC1)C(=O)c1cc(-c2cccc(C(F)(F)F)c2)ccn1. The van der Waals surface area contributed by atoms with E-state index in [0.717, 1.165) is 25.0 Å². The molecular formula is C25H22F3N7O. The highest BCUT2D eigenvalue weighted by Crippen LogP contribution is 2.34. The normalized spacial score (nSPS) is 14.4. The maximum atomic E-state index is 13.7. The van der Waals surface area contributed by atoms with Crippen LogP contribution in [0.5, 0.6) is 0 Å². The van der Waals surface area contributed by atoms with Gasteiger partial charge in [0, 0.05) is 25.1 Å². The fourth-order valence-electron chi connectivity index (χ4n) is 3.97. The molecule has 3 heterocycles. The summed E-state index contributed by atoms with van der Waals surface area (Å²) in [5.74, 6) is 0.851. The van der Waals surface area contributed by atoms with E-state index in [2.05, 4.69) is 25.0 Å². The quantitative estimate of drug-likeness (QED) is 0.369. The summed E-state index contributed by atoms with van der Waals surface area (Å²) < 4.78 is 41.1. The number of nitrogens with zero attached hydrogens (tertiary/aromatic N) is 7. The predicted octanol–water partition coefficient (Wildman–Crippen LogP) is 4.75. The van der Waals surface area contributed by atoms with Gasteiger partial charge in [0.2, 0.25) is 0 Å². The van der Waals surface area contributed by atoms with Crippen LogP contribution in [-0.2, 0) is 6.18 Å². The molecule has 0 radical (unpaired) electrons. The van der Waals surface area contributed by atoms with Gasteiger partial charge in [0.1, 0.15) is 12.0 Å². The Morgan fingerprint density at radius 1 is 1.03 bits per heavy atom. The first-order chi connectivity index (χ1) is 17.3. The third kappa shape index (κ3) is 4.95. The fourth-order valence-corrected chi connectivity index (χ4v) is 3.97. The largest absolute Gasteiger partial charge is 0.416 e. The molecule has 1 aliphatic rings. The first-order valence-electron chi connectivity index (χ1n) is 11.4. The zero-order valence-electron chi connectivity index (χ0n) is 19.3. The number of hydrogen-bond donors (Lipinski definition) is 0. The van der Waals surface area contributed by atoms with E-state index in [1.807, 2.05) is 6.92 Å². The van der Waals surface area contributed by atoms with Crippen molar-refractivity contribution in [2.75, 3.05) is 6.54 Å². The molecule has 8 nitrogen and oxygen atoms in total. The highest BCUT2D eigenvalue weighted by atomic mass is 19.4. The van der Waals surface area contributed by atoms with Crippen molar-refractivity contribution in [1.82, 2.24) is 34.6 Å². The Kier molecular flexibility index (Phi) is 6.21. The molecule has 0 aliphatic heterocycles. The van der Waals surface area contributed by atoms with Gasteiger partial charge in [0.25, 0.3) is 11.9 Å². The van der Waals surface area contributed by atoms with Crippen LogP contribution in [0.1, 0.15) is 47.7 Å². The Bertz CT molecular complexity index is 1370. The van der Waals surface area contributed by atoms with Crippen LogP contribution >= 0.6 is 0 Å². The molecule has 184 valence electrons. The van der Waals surface area contributed by atoms with Crippen molar-refractivity contribution in [3.8, 4) is 17.1 Å². The van der Waals surface area contributed by atoms with Gasteiger partial charge in [0.05, 0.1) is 11.6 Å². The topological polar surface area (TPSA) is 89.7 Å². The second kappa shape index (κ2) is 9.48. The van der Waals surface area contributed by atoms with Crippen molar-refractivity contribution < 1.29 is 18.0 Å². The minimum atomic E-state index is -4.46. The third-order valence-corrected chi connectivity index (χ3v) is 6.07. The van der Waals surface area contributed by atoms with Crippen molar-refractivity contribution >= 4 is 5.91 Å². The molecule has 36 heavy (non-hydrogen) atoms. The second-order valence-electron chi connectivity index (χ2n) is 8.66. The summed E-state index contributed by atoms with van der Waals surface area (Å²) in [4.78, 5) is 32.4. The van der Waals surface area contributed by atoms with Crippen LogP contribution in [0.3, 0.4) is 0 Å². The summed E-state index contributed by atoms with van der Waals surface area (Å²) in [5, 5.41) is 4.23. The summed E-state index contributed by atoms with van der Waals surface area (Å²) >= 11 is 0. The van der Waals surface area contributed by atoms with Gasteiger partial charge < -0.3 is 4.90 Å². The molecule has 1 amide bonds. The lowest BCUT2D eigenvalue weighted by Gasteiger charge is -2.28. The zero-order chi connectivity index (χ0) is 25.3. The first-order valence-corrected chi connectivity index (χ1v) is 11.4. The zero-order valence-corrected chi connectivity index (χ0v) is 19.3. The molecule has 0 spiro atoms. The van der Waals surface area contributed by atoms with E-state index < -0.39 is 17.8 Å². The molecule has 11 heteroatoms. The summed E-state index contributed by atoms with van der Waals surface area (Å²) in [5.41, 5.74) is 0.207. The molecular weight excluding hydrogens is 471 g/mol. The Hall–Kier alpha value is -4.15. The van der Waals surface area contributed by atoms with Crippen LogP contribution in [0.2, 0.25) is 0 Å². The van der Waals surface area contributed by atoms with Gasteiger partial charge in [-0.25, -0.2) is 15.0 Å². The summed E-state index contributed by atoms with van der Waals surface area (Å²) in [6, 6.07) is 9.32. The number of benzene rings is 1. The number of carbonyl (C=O) groups is 1. The molecule has 3 aromatic heterocycles. The number of halogens is 3. The molecule has 1 saturated carbocycles. The molecule has 4 aromatic rings. The Labute approximate surface area is 204 Å². The van der Waals surface area contributed by atoms with Crippen LogP contribution in [0.15, 0.2) is 67.4 Å². The van der Waals surface area contributed by atoms with Crippen LogP contribution in [0.4, 0.5) is 13.2 Å². The van der Waals surface area contributed by atoms with Crippen molar-refractivity contribution in [2.45, 2.75) is 32.0 Å². The Balaban J connectivity index is 1.47. The Morgan fingerprint density at radius 3 is 2.50 bits per heavy atom. The smallest absolute Gasteiger partial charge is 0.327 e. The number of alkyl halides is 3. The molecule has 0 bridgehead atoms. The number of amides is 1. The number of hydrogen-bond acceptors (Lipinski definition) is 6. The van der Waals surface area contributed by atoms with E-state index in [0.29, 0.717) is 35.4 Å². The molecule has 1 aromatic carbocycles. The summed E-state index contributed by atoms with van der Waals surface area (Å²) in [6.07, 6.45) is 3.57. The lowest BCUT2D eigenvalue weighted by Crippen LogP contribution is -2.37. The standard InChI is InChI=1S/C25H22F3N7O/c1-16(22-32-15-33-35(22)24-30-9-3-10-31-24)34(14-17-6-7-17)23(36)21-13-19(8-11-29-21)18-4-2-5-20(12-18)25(26,27)28/h2-5,8-13,15-17H,6-7,14H2,1H3. The highest BCUT2D eigenvalue weighted by Gasteiger charge is 2.34. The second-order valence-corrected chi connectivity index (χ2v) is 8.66. The van der Waals surface area contributed by atoms with Crippen molar-refractivity contribution in [3.05, 3.63) is 84.5 Å². The van der Waals surface area contributed by atoms with Crippen molar-refractivity contribution in [1.29, 1.82) is 0 Å². The minimum Gasteiger partial charge on any atom is -0.327 e. The highest BCUT2D eigenvalue weighted by molar-refractivity contribution is 5.93. The van der Waals surface area contributed by atoms with Gasteiger partial charge in [-0.05, 0) is 67.1 Å². The third-order valence-electron chi connectivity index (χ3n) is 6.07. The van der Waals surface area contributed by atoms with Crippen LogP contribution in [0.25, 0.3) is 17.1 Å². The first kappa shape index (κ1) is 23.6. The maximum absolute atomic E-state index is 13.7. The van der Waals surface area contributed by atoms with E-state index in [1.165, 1.54) is 29.3 Å². The lowest BCUT2D eigenvalue weighted by molar-refractivity contribution is -0.137. The fraction of sp³-hybridized carbons (Fsp3) is 0.280. The van der Waals surface area contributed by atoms with Crippen LogP contribution < -0.4 is 0 Å². The van der Waals surface area contributed by atoms with E-state index in [9.17, 15) is 18.0 Å². The monoisotopic (exact) mass is 493 g/mol. The summed E-state index contributed by atoms with van der Waals surface area (Å²) in [6.45, 7) is 2.35. The van der Waals surface area contributed by atoms with Gasteiger partial charge in [0.15, 0.2) is 5.82 Å². The number of rotatable bonds is 7. The van der Waals surface area contributed by atoms with E-state index in [4.69, 9.17) is 0 Å². The van der Waals surface area contributed by atoms with Crippen LogP contribution in [-0.4, -0.2) is 47.1 Å². The lowest BCUT2D eigenvalue weighted by atomic mass is 10.0. The number of aromatic nitrogens is 6.